The summed E-state index contributed by atoms with van der Waals surface area (Å²) in [6, 6.07) is 13.8. The van der Waals surface area contributed by atoms with Gasteiger partial charge in [-0.3, -0.25) is 43.4 Å². The second kappa shape index (κ2) is 18.9. The fraction of sp³-hybridized carbons (Fsp3) is 0.442. The molecule has 18 nitrogen and oxygen atoms in total. The number of rotatable bonds is 8. The van der Waals surface area contributed by atoms with E-state index < -0.39 is 29.7 Å². The van der Waals surface area contributed by atoms with Crippen molar-refractivity contribution in [1.82, 2.24) is 40.0 Å². The Morgan fingerprint density at radius 3 is 2.51 bits per heavy atom. The molecule has 2 aromatic carbocycles. The number of imidazole rings is 1. The zero-order valence-corrected chi connectivity index (χ0v) is 39.8. The first-order chi connectivity index (χ1) is 33.7. The number of hydrogen-bond acceptors (Lipinski definition) is 13. The SMILES string of the molecule is CC(C)(C)c1cc(NC(=O)Cc2ccc(-c3nc4n5c(cnc(N)c35)/C=C/CCN(C[C@H]3CCN(c5ccc6c(c5)C(=O)N(C5CCC(=O)NC5=O)C6=O)C3)CCC(=O)N[C@@H]3CCC[C@@H]4C3)cc2)no1. The normalized spacial score (nSPS) is 22.9. The predicted molar refractivity (Wildman–Crippen MR) is 262 cm³/mol. The second-order valence-corrected chi connectivity index (χ2v) is 20.5. The topological polar surface area (TPSA) is 230 Å². The van der Waals surface area contributed by atoms with Crippen LogP contribution in [-0.4, -0.2) is 110 Å². The number of amides is 6. The Morgan fingerprint density at radius 1 is 0.914 bits per heavy atom. The number of hydrogen-bond donors (Lipinski definition) is 4. The van der Waals surface area contributed by atoms with Crippen molar-refractivity contribution in [2.75, 3.05) is 48.7 Å². The summed E-state index contributed by atoms with van der Waals surface area (Å²) >= 11 is 0. The lowest BCUT2D eigenvalue weighted by Crippen LogP contribution is -2.54. The van der Waals surface area contributed by atoms with E-state index >= 15 is 0 Å². The van der Waals surface area contributed by atoms with Crippen LogP contribution in [0.25, 0.3) is 22.9 Å². The number of nitrogens with two attached hydrogens (primary N) is 1. The van der Waals surface area contributed by atoms with Crippen LogP contribution in [0.4, 0.5) is 17.3 Å². The van der Waals surface area contributed by atoms with Gasteiger partial charge in [-0.05, 0) is 74.3 Å². The third-order valence-corrected chi connectivity index (χ3v) is 14.4. The molecule has 0 radical (unpaired) electrons. The zero-order chi connectivity index (χ0) is 48.8. The molecule has 5 N–H and O–H groups in total. The van der Waals surface area contributed by atoms with Crippen LogP contribution >= 0.6 is 0 Å². The number of nitrogens with zero attached hydrogens (tertiary/aromatic N) is 7. The molecule has 18 heteroatoms. The van der Waals surface area contributed by atoms with E-state index in [0.29, 0.717) is 42.0 Å². The van der Waals surface area contributed by atoms with Gasteiger partial charge >= 0.3 is 0 Å². The Labute approximate surface area is 405 Å². The first-order valence-electron chi connectivity index (χ1n) is 24.5. The molecule has 4 atom stereocenters. The summed E-state index contributed by atoms with van der Waals surface area (Å²) in [4.78, 5) is 93.5. The lowest BCUT2D eigenvalue weighted by Gasteiger charge is -2.30. The molecule has 6 amide bonds. The maximum Gasteiger partial charge on any atom is 0.262 e. The molecule has 2 saturated heterocycles. The predicted octanol–water partition coefficient (Wildman–Crippen LogP) is 5.62. The number of imide groups is 2. The Balaban J connectivity index is 0.842. The van der Waals surface area contributed by atoms with Gasteiger partial charge < -0.3 is 30.7 Å². The van der Waals surface area contributed by atoms with E-state index in [9.17, 15) is 28.8 Å². The summed E-state index contributed by atoms with van der Waals surface area (Å²) in [5.41, 5.74) is 11.8. The van der Waals surface area contributed by atoms with Crippen molar-refractivity contribution in [3.63, 3.8) is 0 Å². The van der Waals surface area contributed by atoms with Crippen LogP contribution in [0.15, 0.2) is 65.3 Å². The van der Waals surface area contributed by atoms with Gasteiger partial charge in [0.2, 0.25) is 23.6 Å². The minimum absolute atomic E-state index is 0.00415. The molecule has 10 rings (SSSR count). The first-order valence-corrected chi connectivity index (χ1v) is 24.5. The van der Waals surface area contributed by atoms with Gasteiger partial charge in [0.1, 0.15) is 34.7 Å². The average molecular weight is 950 g/mol. The minimum atomic E-state index is -1.01. The van der Waals surface area contributed by atoms with Crippen molar-refractivity contribution in [3.8, 4) is 11.3 Å². The van der Waals surface area contributed by atoms with Gasteiger partial charge in [0.15, 0.2) is 5.82 Å². The maximum absolute atomic E-state index is 13.7. The number of fused-ring (bicyclic) bond motifs is 4. The second-order valence-electron chi connectivity index (χ2n) is 20.5. The third-order valence-electron chi connectivity index (χ3n) is 14.4. The quantitative estimate of drug-likeness (QED) is 0.139. The number of carbonyl (C=O) groups is 6. The number of anilines is 3. The van der Waals surface area contributed by atoms with Crippen LogP contribution in [0.3, 0.4) is 0 Å². The van der Waals surface area contributed by atoms with E-state index in [1.807, 2.05) is 51.1 Å². The fourth-order valence-corrected chi connectivity index (χ4v) is 10.7. The first kappa shape index (κ1) is 46.5. The van der Waals surface area contributed by atoms with E-state index in [0.717, 1.165) is 103 Å². The van der Waals surface area contributed by atoms with E-state index in [-0.39, 0.29) is 59.6 Å². The molecule has 1 saturated carbocycles. The molecule has 5 aromatic rings. The highest BCUT2D eigenvalue weighted by atomic mass is 16.5. The smallest absolute Gasteiger partial charge is 0.262 e. The van der Waals surface area contributed by atoms with Gasteiger partial charge in [-0.2, -0.15) is 0 Å². The molecule has 5 aliphatic rings. The number of nitrogens with one attached hydrogen (secondary N) is 3. The molecular formula is C52H59N11O7. The molecule has 7 heterocycles. The summed E-state index contributed by atoms with van der Waals surface area (Å²) in [6.45, 7) is 9.67. The van der Waals surface area contributed by atoms with E-state index in [2.05, 4.69) is 52.4 Å². The molecule has 2 bridgehead atoms. The number of piperidine rings is 1. The highest BCUT2D eigenvalue weighted by Crippen LogP contribution is 2.39. The molecule has 0 spiro atoms. The van der Waals surface area contributed by atoms with Crippen LogP contribution in [0.1, 0.15) is 128 Å². The monoisotopic (exact) mass is 949 g/mol. The van der Waals surface area contributed by atoms with Gasteiger partial charge in [-0.15, -0.1) is 0 Å². The molecule has 4 aliphatic heterocycles. The van der Waals surface area contributed by atoms with Crippen LogP contribution in [0, 0.1) is 5.92 Å². The van der Waals surface area contributed by atoms with Gasteiger partial charge in [0.25, 0.3) is 11.8 Å². The minimum Gasteiger partial charge on any atom is -0.382 e. The van der Waals surface area contributed by atoms with Crippen molar-refractivity contribution in [2.24, 2.45) is 5.92 Å². The molecule has 1 unspecified atom stereocenters. The molecule has 364 valence electrons. The fourth-order valence-electron chi connectivity index (χ4n) is 10.7. The highest BCUT2D eigenvalue weighted by Gasteiger charge is 2.45. The summed E-state index contributed by atoms with van der Waals surface area (Å²) in [6.07, 6.45) is 11.9. The van der Waals surface area contributed by atoms with Gasteiger partial charge in [0, 0.05) is 80.3 Å². The number of aromatic nitrogens is 4. The van der Waals surface area contributed by atoms with Crippen molar-refractivity contribution >= 4 is 64.4 Å². The van der Waals surface area contributed by atoms with Crippen LogP contribution in [0.2, 0.25) is 0 Å². The average Bonchev–Trinajstić information content (AvgIpc) is 4.14. The van der Waals surface area contributed by atoms with Crippen molar-refractivity contribution in [1.29, 1.82) is 0 Å². The number of nitrogen functional groups attached to an aromatic ring is 1. The highest BCUT2D eigenvalue weighted by molar-refractivity contribution is 6.23. The lowest BCUT2D eigenvalue weighted by atomic mass is 9.85. The molecule has 70 heavy (non-hydrogen) atoms. The molecule has 3 aromatic heterocycles. The zero-order valence-electron chi connectivity index (χ0n) is 39.8. The van der Waals surface area contributed by atoms with Crippen molar-refractivity contribution in [3.05, 3.63) is 94.8 Å². The van der Waals surface area contributed by atoms with E-state index in [1.54, 1.807) is 24.4 Å². The largest absolute Gasteiger partial charge is 0.382 e. The van der Waals surface area contributed by atoms with Gasteiger partial charge in [-0.25, -0.2) is 9.97 Å². The van der Waals surface area contributed by atoms with Gasteiger partial charge in [0.05, 0.1) is 29.4 Å². The Kier molecular flexibility index (Phi) is 12.6. The number of carbonyl (C=O) groups excluding carboxylic acids is 6. The summed E-state index contributed by atoms with van der Waals surface area (Å²) in [5.74, 6) is 0.414. The van der Waals surface area contributed by atoms with Crippen LogP contribution in [0.5, 0.6) is 0 Å². The summed E-state index contributed by atoms with van der Waals surface area (Å²) in [5, 5.41) is 12.5. The molecular weight excluding hydrogens is 891 g/mol. The van der Waals surface area contributed by atoms with Crippen molar-refractivity contribution in [2.45, 2.75) is 108 Å². The standard InChI is InChI=1S/C52H59N11O7/c1-52(2,3)40-26-41(59-70-40)56-44(66)23-30-10-12-32(13-11-30)45-46-47(53)54-27-36-9-4-5-20-60(21-19-43(65)55-34-8-6-7-33(24-34)48(58-45)62(36)46)28-31-18-22-61(29-31)35-14-15-37-38(25-35)51(69)63(50(37)68)39-16-17-42(64)57-49(39)67/h4,9-15,25-27,31,33-34,39H,5-8,16-24,28-29H2,1-3H3,(H2,53,54)(H,55,65)(H,56,59,66)(H,57,64,67)/b9-4+/t31-,33-,34-,39?/m1/s1. The molecule has 1 aliphatic carbocycles. The van der Waals surface area contributed by atoms with E-state index in [4.69, 9.17) is 15.2 Å². The van der Waals surface area contributed by atoms with Crippen LogP contribution < -0.4 is 26.6 Å². The Morgan fingerprint density at radius 2 is 1.73 bits per heavy atom. The maximum atomic E-state index is 13.7. The number of benzene rings is 2. The third kappa shape index (κ3) is 9.43. The lowest BCUT2D eigenvalue weighted by molar-refractivity contribution is -0.136. The van der Waals surface area contributed by atoms with Crippen LogP contribution in [-0.2, 0) is 31.0 Å². The Bertz CT molecular complexity index is 2930. The van der Waals surface area contributed by atoms with Gasteiger partial charge in [-0.1, -0.05) is 62.7 Å². The van der Waals surface area contributed by atoms with E-state index in [1.165, 1.54) is 0 Å². The van der Waals surface area contributed by atoms with Crippen molar-refractivity contribution < 1.29 is 33.3 Å². The summed E-state index contributed by atoms with van der Waals surface area (Å²) in [7, 11) is 0. The Hall–Kier alpha value is -7.21. The summed E-state index contributed by atoms with van der Waals surface area (Å²) < 4.78 is 7.58. The molecule has 3 fully saturated rings.